The molecule has 1 aromatic carbocycles. The van der Waals surface area contributed by atoms with E-state index in [1.807, 2.05) is 27.7 Å². The van der Waals surface area contributed by atoms with Crippen LogP contribution in [0.1, 0.15) is 44.5 Å². The van der Waals surface area contributed by atoms with E-state index >= 15 is 0 Å². The van der Waals surface area contributed by atoms with Crippen LogP contribution in [-0.4, -0.2) is 29.6 Å². The van der Waals surface area contributed by atoms with E-state index in [1.165, 1.54) is 6.07 Å². The number of amides is 1. The van der Waals surface area contributed by atoms with Crippen LogP contribution in [0.3, 0.4) is 0 Å². The van der Waals surface area contributed by atoms with Crippen LogP contribution in [0.25, 0.3) is 0 Å². The molecule has 1 heterocycles. The van der Waals surface area contributed by atoms with Gasteiger partial charge in [0.05, 0.1) is 6.17 Å². The largest absolute Gasteiger partial charge is 0.351 e. The molecule has 4 N–H and O–H groups in total. The number of hydrazine groups is 1. The molecule has 0 saturated carbocycles. The molecule has 1 amide bonds. The molecule has 1 aromatic rings. The Morgan fingerprint density at radius 1 is 1.25 bits per heavy atom. The fraction of sp³-hybridized carbons (Fsp3) is 0.500. The van der Waals surface area contributed by atoms with Gasteiger partial charge in [0.15, 0.2) is 11.6 Å². The fourth-order valence-electron chi connectivity index (χ4n) is 2.22. The van der Waals surface area contributed by atoms with Crippen LogP contribution >= 0.6 is 0 Å². The van der Waals surface area contributed by atoms with Crippen LogP contribution in [0.2, 0.25) is 0 Å². The minimum atomic E-state index is -1.08. The van der Waals surface area contributed by atoms with Crippen LogP contribution in [-0.2, 0) is 0 Å². The maximum Gasteiger partial charge on any atom is 0.280 e. The summed E-state index contributed by atoms with van der Waals surface area (Å²) in [6.07, 6.45) is 0.691. The number of aliphatic imine (C=N–C) groups is 1. The summed E-state index contributed by atoms with van der Waals surface area (Å²) in [5.74, 6) is -2.47. The second-order valence-electron chi connectivity index (χ2n) is 6.89. The Hall–Kier alpha value is -2.06. The van der Waals surface area contributed by atoms with Crippen molar-refractivity contribution >= 4 is 11.9 Å². The molecule has 1 aliphatic rings. The second-order valence-corrected chi connectivity index (χ2v) is 6.89. The Morgan fingerprint density at radius 2 is 1.96 bits per heavy atom. The van der Waals surface area contributed by atoms with Gasteiger partial charge in [-0.3, -0.25) is 10.2 Å². The van der Waals surface area contributed by atoms with Gasteiger partial charge in [0.25, 0.3) is 5.91 Å². The molecule has 1 saturated heterocycles. The molecule has 1 fully saturated rings. The molecule has 0 spiro atoms. The highest BCUT2D eigenvalue weighted by Crippen LogP contribution is 2.10. The molecule has 2 rings (SSSR count). The maximum absolute atomic E-state index is 13.3. The Labute approximate surface area is 140 Å². The Balaban J connectivity index is 2.18. The van der Waals surface area contributed by atoms with Crippen molar-refractivity contribution in [1.29, 1.82) is 0 Å². The number of carbonyl (C=O) groups excluding carboxylic acids is 1. The topological polar surface area (TPSA) is 77.5 Å². The van der Waals surface area contributed by atoms with E-state index in [1.54, 1.807) is 0 Å². The first-order valence-corrected chi connectivity index (χ1v) is 7.78. The van der Waals surface area contributed by atoms with E-state index in [4.69, 9.17) is 0 Å². The van der Waals surface area contributed by atoms with Gasteiger partial charge in [0, 0.05) is 17.1 Å². The SMILES string of the molecule is CC1CC(N/C(=N\C(=O)c2ccc(F)c(F)c2)NC(C)(C)C)NN1. The summed E-state index contributed by atoms with van der Waals surface area (Å²) in [6.45, 7) is 7.80. The third-order valence-electron chi connectivity index (χ3n) is 3.28. The molecule has 2 unspecified atom stereocenters. The summed E-state index contributed by atoms with van der Waals surface area (Å²) in [5, 5.41) is 6.21. The monoisotopic (exact) mass is 339 g/mol. The van der Waals surface area contributed by atoms with Gasteiger partial charge in [-0.2, -0.15) is 4.99 Å². The second kappa shape index (κ2) is 7.23. The third kappa shape index (κ3) is 5.24. The Bertz CT molecular complexity index is 642. The normalized spacial score (nSPS) is 21.7. The van der Waals surface area contributed by atoms with Gasteiger partial charge in [-0.05, 0) is 52.3 Å². The van der Waals surface area contributed by atoms with Crippen LogP contribution in [0, 0.1) is 11.6 Å². The molecule has 8 heteroatoms. The van der Waals surface area contributed by atoms with Crippen molar-refractivity contribution < 1.29 is 13.6 Å². The first-order valence-electron chi connectivity index (χ1n) is 7.78. The van der Waals surface area contributed by atoms with E-state index in [9.17, 15) is 13.6 Å². The van der Waals surface area contributed by atoms with Crippen molar-refractivity contribution in [3.8, 4) is 0 Å². The summed E-state index contributed by atoms with van der Waals surface area (Å²) < 4.78 is 26.3. The zero-order valence-electron chi connectivity index (χ0n) is 14.2. The molecule has 6 nitrogen and oxygen atoms in total. The number of carbonyl (C=O) groups is 1. The van der Waals surface area contributed by atoms with Gasteiger partial charge < -0.3 is 10.6 Å². The minimum Gasteiger partial charge on any atom is -0.351 e. The number of benzene rings is 1. The number of nitrogens with zero attached hydrogens (tertiary/aromatic N) is 1. The maximum atomic E-state index is 13.3. The lowest BCUT2D eigenvalue weighted by Crippen LogP contribution is -2.54. The zero-order chi connectivity index (χ0) is 17.9. The standard InChI is InChI=1S/C16H23F2N5O/c1-9-7-13(23-22-9)19-15(21-16(2,3)4)20-14(24)10-5-6-11(17)12(18)8-10/h5-6,8-9,13,22-23H,7H2,1-4H3,(H2,19,20,21,24). The van der Waals surface area contributed by atoms with Crippen molar-refractivity contribution in [2.75, 3.05) is 0 Å². The molecule has 24 heavy (non-hydrogen) atoms. The summed E-state index contributed by atoms with van der Waals surface area (Å²) >= 11 is 0. The smallest absolute Gasteiger partial charge is 0.280 e. The highest BCUT2D eigenvalue weighted by molar-refractivity contribution is 6.02. The molecule has 0 radical (unpaired) electrons. The van der Waals surface area contributed by atoms with E-state index in [2.05, 4.69) is 26.5 Å². The summed E-state index contributed by atoms with van der Waals surface area (Å²) in [5.41, 5.74) is 5.76. The first-order chi connectivity index (χ1) is 11.1. The lowest BCUT2D eigenvalue weighted by molar-refractivity contribution is 0.100. The predicted octanol–water partition coefficient (Wildman–Crippen LogP) is 1.65. The van der Waals surface area contributed by atoms with Gasteiger partial charge in [-0.15, -0.1) is 0 Å². The minimum absolute atomic E-state index is 0.0187. The quantitative estimate of drug-likeness (QED) is 0.487. The lowest BCUT2D eigenvalue weighted by atomic mass is 10.1. The average molecular weight is 339 g/mol. The van der Waals surface area contributed by atoms with E-state index in [0.717, 1.165) is 18.6 Å². The third-order valence-corrected chi connectivity index (χ3v) is 3.28. The number of guanidine groups is 1. The van der Waals surface area contributed by atoms with Crippen LogP contribution in [0.4, 0.5) is 8.78 Å². The highest BCUT2D eigenvalue weighted by Gasteiger charge is 2.23. The Kier molecular flexibility index (Phi) is 5.51. The van der Waals surface area contributed by atoms with Gasteiger partial charge in [-0.25, -0.2) is 14.2 Å². The molecular weight excluding hydrogens is 316 g/mol. The van der Waals surface area contributed by atoms with E-state index in [-0.39, 0.29) is 29.3 Å². The van der Waals surface area contributed by atoms with Crippen LogP contribution in [0.15, 0.2) is 23.2 Å². The zero-order valence-corrected chi connectivity index (χ0v) is 14.2. The van der Waals surface area contributed by atoms with Crippen molar-refractivity contribution in [2.45, 2.75) is 51.9 Å². The van der Waals surface area contributed by atoms with Crippen LogP contribution < -0.4 is 21.5 Å². The highest BCUT2D eigenvalue weighted by atomic mass is 19.2. The number of hydrogen-bond donors (Lipinski definition) is 4. The predicted molar refractivity (Wildman–Crippen MR) is 88.3 cm³/mol. The molecule has 0 bridgehead atoms. The number of rotatable bonds is 2. The number of halogens is 2. The number of nitrogens with one attached hydrogen (secondary N) is 4. The van der Waals surface area contributed by atoms with Gasteiger partial charge >= 0.3 is 0 Å². The lowest BCUT2D eigenvalue weighted by Gasteiger charge is -2.25. The first kappa shape index (κ1) is 18.3. The molecule has 132 valence electrons. The summed E-state index contributed by atoms with van der Waals surface area (Å²) in [6, 6.07) is 3.23. The van der Waals surface area contributed by atoms with Crippen molar-refractivity contribution in [3.05, 3.63) is 35.4 Å². The molecular formula is C16H23F2N5O. The molecule has 1 aliphatic heterocycles. The van der Waals surface area contributed by atoms with Crippen molar-refractivity contribution in [2.24, 2.45) is 4.99 Å². The molecule has 2 atom stereocenters. The summed E-state index contributed by atoms with van der Waals surface area (Å²) in [7, 11) is 0. The molecule has 0 aromatic heterocycles. The van der Waals surface area contributed by atoms with Gasteiger partial charge in [0.1, 0.15) is 0 Å². The van der Waals surface area contributed by atoms with Gasteiger partial charge in [0.2, 0.25) is 5.96 Å². The van der Waals surface area contributed by atoms with E-state index < -0.39 is 17.5 Å². The van der Waals surface area contributed by atoms with Crippen molar-refractivity contribution in [3.63, 3.8) is 0 Å². The average Bonchev–Trinajstić information content (AvgIpc) is 2.85. The Morgan fingerprint density at radius 3 is 2.50 bits per heavy atom. The van der Waals surface area contributed by atoms with Gasteiger partial charge in [-0.1, -0.05) is 0 Å². The summed E-state index contributed by atoms with van der Waals surface area (Å²) in [4.78, 5) is 16.2. The van der Waals surface area contributed by atoms with Crippen molar-refractivity contribution in [1.82, 2.24) is 21.5 Å². The molecule has 0 aliphatic carbocycles. The fourth-order valence-corrected chi connectivity index (χ4v) is 2.22. The van der Waals surface area contributed by atoms with Crippen LogP contribution in [0.5, 0.6) is 0 Å². The number of hydrogen-bond acceptors (Lipinski definition) is 3. The van der Waals surface area contributed by atoms with E-state index in [0.29, 0.717) is 0 Å².